The van der Waals surface area contributed by atoms with E-state index in [1.165, 1.54) is 35.2 Å². The zero-order valence-corrected chi connectivity index (χ0v) is 19.8. The lowest BCUT2D eigenvalue weighted by Gasteiger charge is -2.13. The minimum atomic E-state index is -3.80. The summed E-state index contributed by atoms with van der Waals surface area (Å²) in [7, 11) is -3.80. The van der Waals surface area contributed by atoms with Crippen molar-refractivity contribution >= 4 is 38.2 Å². The number of benzene rings is 3. The molecule has 0 bridgehead atoms. The molecule has 174 valence electrons. The van der Waals surface area contributed by atoms with Gasteiger partial charge >= 0.3 is 0 Å². The minimum absolute atomic E-state index is 0.0680. The number of amides is 1. The molecule has 9 heteroatoms. The Hall–Kier alpha value is -3.98. The molecule has 0 aliphatic carbocycles. The molecule has 0 saturated heterocycles. The molecule has 4 rings (SSSR count). The molecular weight excluding hydrogens is 452 g/mol. The minimum Gasteiger partial charge on any atom is -0.325 e. The third kappa shape index (κ3) is 4.69. The standard InChI is InChI=1S/C25H24N4O4S/c1-16-6-4-7-17(2)23(16)28-34(32,33)20-12-10-19(11-13-20)27-22(30)14-29-15-26-24-18(3)8-5-9-21(24)25(29)31/h4-13,15,28H,14H2,1-3H3,(H,27,30). The van der Waals surface area contributed by atoms with Crippen molar-refractivity contribution in [3.05, 3.63) is 94.0 Å². The fourth-order valence-electron chi connectivity index (χ4n) is 3.69. The average molecular weight is 477 g/mol. The van der Waals surface area contributed by atoms with E-state index < -0.39 is 15.9 Å². The molecule has 1 heterocycles. The fourth-order valence-corrected chi connectivity index (χ4v) is 4.89. The van der Waals surface area contributed by atoms with Crippen molar-refractivity contribution in [3.8, 4) is 0 Å². The number of anilines is 2. The summed E-state index contributed by atoms with van der Waals surface area (Å²) in [6.07, 6.45) is 1.35. The summed E-state index contributed by atoms with van der Waals surface area (Å²) in [5.74, 6) is -0.430. The van der Waals surface area contributed by atoms with Gasteiger partial charge < -0.3 is 5.32 Å². The predicted molar refractivity (Wildman–Crippen MR) is 133 cm³/mol. The van der Waals surface area contributed by atoms with Crippen molar-refractivity contribution in [3.63, 3.8) is 0 Å². The number of nitrogens with zero attached hydrogens (tertiary/aromatic N) is 2. The Bertz CT molecular complexity index is 1540. The third-order valence-corrected chi connectivity index (χ3v) is 6.90. The molecule has 0 saturated carbocycles. The second kappa shape index (κ2) is 9.11. The zero-order chi connectivity index (χ0) is 24.5. The summed E-state index contributed by atoms with van der Waals surface area (Å²) in [5.41, 5.74) is 3.78. The van der Waals surface area contributed by atoms with Crippen LogP contribution < -0.4 is 15.6 Å². The maximum atomic E-state index is 12.8. The van der Waals surface area contributed by atoms with Gasteiger partial charge in [0.25, 0.3) is 15.6 Å². The Kier molecular flexibility index (Phi) is 6.21. The molecule has 0 fully saturated rings. The first-order valence-electron chi connectivity index (χ1n) is 10.6. The molecule has 0 radical (unpaired) electrons. The molecule has 0 atom stereocenters. The van der Waals surface area contributed by atoms with Crippen LogP contribution in [0.3, 0.4) is 0 Å². The summed E-state index contributed by atoms with van der Waals surface area (Å²) >= 11 is 0. The molecule has 2 N–H and O–H groups in total. The lowest BCUT2D eigenvalue weighted by Crippen LogP contribution is -2.28. The highest BCUT2D eigenvalue weighted by Gasteiger charge is 2.17. The van der Waals surface area contributed by atoms with Crippen LogP contribution in [0.15, 0.2) is 76.7 Å². The number of rotatable bonds is 6. The van der Waals surface area contributed by atoms with E-state index in [1.54, 1.807) is 12.1 Å². The molecule has 8 nitrogen and oxygen atoms in total. The number of aryl methyl sites for hydroxylation is 3. The first kappa shape index (κ1) is 23.2. The zero-order valence-electron chi connectivity index (χ0n) is 19.0. The predicted octanol–water partition coefficient (Wildman–Crippen LogP) is 3.76. The van der Waals surface area contributed by atoms with Crippen LogP contribution in [0, 0.1) is 20.8 Å². The maximum absolute atomic E-state index is 12.8. The maximum Gasteiger partial charge on any atom is 0.261 e. The van der Waals surface area contributed by atoms with Gasteiger partial charge in [-0.25, -0.2) is 13.4 Å². The quantitative estimate of drug-likeness (QED) is 0.440. The molecule has 1 amide bonds. The second-order valence-corrected chi connectivity index (χ2v) is 9.78. The van der Waals surface area contributed by atoms with Crippen LogP contribution in [0.4, 0.5) is 11.4 Å². The van der Waals surface area contributed by atoms with E-state index in [4.69, 9.17) is 0 Å². The lowest BCUT2D eigenvalue weighted by atomic mass is 10.1. The van der Waals surface area contributed by atoms with Gasteiger partial charge in [0, 0.05) is 5.69 Å². The van der Waals surface area contributed by atoms with Gasteiger partial charge in [-0.3, -0.25) is 18.9 Å². The van der Waals surface area contributed by atoms with E-state index in [2.05, 4.69) is 15.0 Å². The summed E-state index contributed by atoms with van der Waals surface area (Å²) in [5, 5.41) is 3.13. The Balaban J connectivity index is 1.48. The van der Waals surface area contributed by atoms with Gasteiger partial charge in [-0.05, 0) is 67.8 Å². The molecule has 0 spiro atoms. The van der Waals surface area contributed by atoms with Crippen LogP contribution in [-0.4, -0.2) is 23.9 Å². The SMILES string of the molecule is Cc1cccc(C)c1NS(=O)(=O)c1ccc(NC(=O)Cn2cnc3c(C)cccc3c2=O)cc1. The number of nitrogens with one attached hydrogen (secondary N) is 2. The smallest absolute Gasteiger partial charge is 0.261 e. The van der Waals surface area contributed by atoms with Gasteiger partial charge in [0.1, 0.15) is 6.54 Å². The van der Waals surface area contributed by atoms with Crippen LogP contribution in [0.25, 0.3) is 10.9 Å². The molecule has 34 heavy (non-hydrogen) atoms. The third-order valence-electron chi connectivity index (χ3n) is 5.54. The van der Waals surface area contributed by atoms with Crippen molar-refractivity contribution in [2.75, 3.05) is 10.0 Å². The van der Waals surface area contributed by atoms with Crippen molar-refractivity contribution in [1.29, 1.82) is 0 Å². The van der Waals surface area contributed by atoms with Crippen LogP contribution in [0.2, 0.25) is 0 Å². The Morgan fingerprint density at radius 3 is 2.21 bits per heavy atom. The summed E-state index contributed by atoms with van der Waals surface area (Å²) in [4.78, 5) is 29.6. The molecular formula is C25H24N4O4S. The lowest BCUT2D eigenvalue weighted by molar-refractivity contribution is -0.116. The van der Waals surface area contributed by atoms with E-state index >= 15 is 0 Å². The molecule has 1 aromatic heterocycles. The largest absolute Gasteiger partial charge is 0.325 e. The molecule has 0 aliphatic rings. The Morgan fingerprint density at radius 1 is 0.912 bits per heavy atom. The Morgan fingerprint density at radius 2 is 1.53 bits per heavy atom. The van der Waals surface area contributed by atoms with Crippen LogP contribution in [0.5, 0.6) is 0 Å². The van der Waals surface area contributed by atoms with E-state index in [0.717, 1.165) is 16.7 Å². The molecule has 4 aromatic rings. The normalized spacial score (nSPS) is 11.4. The summed E-state index contributed by atoms with van der Waals surface area (Å²) in [6, 6.07) is 16.7. The average Bonchev–Trinajstić information content (AvgIpc) is 2.79. The van der Waals surface area contributed by atoms with E-state index in [-0.39, 0.29) is 17.0 Å². The van der Waals surface area contributed by atoms with Gasteiger partial charge in [0.15, 0.2) is 0 Å². The topological polar surface area (TPSA) is 110 Å². The number of hydrogen-bond acceptors (Lipinski definition) is 5. The van der Waals surface area contributed by atoms with Gasteiger partial charge in [0.2, 0.25) is 5.91 Å². The van der Waals surface area contributed by atoms with Crippen LogP contribution in [-0.2, 0) is 21.4 Å². The molecule has 0 aliphatic heterocycles. The second-order valence-electron chi connectivity index (χ2n) is 8.09. The molecule has 0 unspecified atom stereocenters. The highest BCUT2D eigenvalue weighted by atomic mass is 32.2. The number of hydrogen-bond donors (Lipinski definition) is 2. The highest BCUT2D eigenvalue weighted by molar-refractivity contribution is 7.92. The number of fused-ring (bicyclic) bond motifs is 1. The first-order valence-corrected chi connectivity index (χ1v) is 12.1. The number of para-hydroxylation sites is 2. The highest BCUT2D eigenvalue weighted by Crippen LogP contribution is 2.24. The van der Waals surface area contributed by atoms with Crippen LogP contribution in [0.1, 0.15) is 16.7 Å². The van der Waals surface area contributed by atoms with Crippen LogP contribution >= 0.6 is 0 Å². The number of carbonyl (C=O) groups is 1. The number of sulfonamides is 1. The summed E-state index contributed by atoms with van der Waals surface area (Å²) in [6.45, 7) is 5.32. The van der Waals surface area contributed by atoms with Gasteiger partial charge in [-0.1, -0.05) is 30.3 Å². The molecule has 3 aromatic carbocycles. The van der Waals surface area contributed by atoms with Gasteiger partial charge in [0.05, 0.1) is 27.8 Å². The Labute approximate surface area is 197 Å². The van der Waals surface area contributed by atoms with E-state index in [1.807, 2.05) is 45.0 Å². The van der Waals surface area contributed by atoms with E-state index in [0.29, 0.717) is 22.3 Å². The van der Waals surface area contributed by atoms with E-state index in [9.17, 15) is 18.0 Å². The fraction of sp³-hybridized carbons (Fsp3) is 0.160. The number of aromatic nitrogens is 2. The van der Waals surface area contributed by atoms with Crippen molar-refractivity contribution < 1.29 is 13.2 Å². The van der Waals surface area contributed by atoms with Crippen molar-refractivity contribution in [2.45, 2.75) is 32.2 Å². The first-order chi connectivity index (χ1) is 16.2. The monoisotopic (exact) mass is 476 g/mol. The van der Waals surface area contributed by atoms with Crippen molar-refractivity contribution in [2.24, 2.45) is 0 Å². The van der Waals surface area contributed by atoms with Gasteiger partial charge in [-0.15, -0.1) is 0 Å². The summed E-state index contributed by atoms with van der Waals surface area (Å²) < 4.78 is 29.5. The van der Waals surface area contributed by atoms with Gasteiger partial charge in [-0.2, -0.15) is 0 Å². The van der Waals surface area contributed by atoms with Crippen molar-refractivity contribution in [1.82, 2.24) is 9.55 Å². The number of carbonyl (C=O) groups excluding carboxylic acids is 1.